The summed E-state index contributed by atoms with van der Waals surface area (Å²) in [5, 5.41) is 5.23. The van der Waals surface area contributed by atoms with Gasteiger partial charge in [0.15, 0.2) is 0 Å². The lowest BCUT2D eigenvalue weighted by Gasteiger charge is -2.08. The highest BCUT2D eigenvalue weighted by Gasteiger charge is 2.18. The van der Waals surface area contributed by atoms with Gasteiger partial charge in [0.25, 0.3) is 0 Å². The van der Waals surface area contributed by atoms with E-state index in [1.54, 1.807) is 4.68 Å². The molecule has 0 aliphatic heterocycles. The molecule has 0 spiro atoms. The molecule has 2 aromatic rings. The smallest absolute Gasteiger partial charge is 0.125 e. The van der Waals surface area contributed by atoms with E-state index in [1.807, 2.05) is 25.2 Å². The number of aromatic nitrogens is 2. The molecule has 0 unspecified atom stereocenters. The number of aryl methyl sites for hydroxylation is 1. The van der Waals surface area contributed by atoms with E-state index in [-0.39, 0.29) is 0 Å². The van der Waals surface area contributed by atoms with Gasteiger partial charge in [0.05, 0.1) is 5.69 Å². The molecule has 0 radical (unpaired) electrons. The lowest BCUT2D eigenvalue weighted by molar-refractivity contribution is 0.648. The molecule has 5 heteroatoms. The molecule has 1 aromatic heterocycles. The Labute approximate surface area is 126 Å². The van der Waals surface area contributed by atoms with Gasteiger partial charge in [0.2, 0.25) is 0 Å². The van der Waals surface area contributed by atoms with Crippen molar-refractivity contribution in [1.29, 1.82) is 0 Å². The zero-order chi connectivity index (χ0) is 14.2. The third kappa shape index (κ3) is 2.95. The van der Waals surface area contributed by atoms with E-state index in [0.29, 0.717) is 10.9 Å². The molecule has 102 valence electrons. The van der Waals surface area contributed by atoms with Gasteiger partial charge in [-0.05, 0) is 30.5 Å². The fourth-order valence-corrected chi connectivity index (χ4v) is 2.69. The number of nitrogens with two attached hydrogens (primary N) is 1. The summed E-state index contributed by atoms with van der Waals surface area (Å²) in [5.74, 6) is 1.23. The first-order valence-electron chi connectivity index (χ1n) is 6.17. The van der Waals surface area contributed by atoms with E-state index in [4.69, 9.17) is 17.3 Å². The lowest BCUT2D eigenvalue weighted by Crippen LogP contribution is -2.02. The predicted molar refractivity (Wildman–Crippen MR) is 84.3 cm³/mol. The van der Waals surface area contributed by atoms with Crippen LogP contribution in [0.4, 0.5) is 5.82 Å². The van der Waals surface area contributed by atoms with Gasteiger partial charge in [-0.15, -0.1) is 0 Å². The standard InChI is InChI=1S/C14H17BrClN3/c1-8(2)6-11-13(18-19(3)14(11)17)10-7-9(16)4-5-12(10)15/h4-5,7-8H,6,17H2,1-3H3. The van der Waals surface area contributed by atoms with E-state index in [9.17, 15) is 0 Å². The number of nitrogen functional groups attached to an aromatic ring is 1. The van der Waals surface area contributed by atoms with Gasteiger partial charge in [0, 0.05) is 27.7 Å². The minimum atomic E-state index is 0.517. The Morgan fingerprint density at radius 1 is 1.42 bits per heavy atom. The Morgan fingerprint density at radius 2 is 2.11 bits per heavy atom. The highest BCUT2D eigenvalue weighted by molar-refractivity contribution is 9.10. The Hall–Kier alpha value is -1.00. The van der Waals surface area contributed by atoms with Crippen molar-refractivity contribution in [2.24, 2.45) is 13.0 Å². The number of nitrogens with zero attached hydrogens (tertiary/aromatic N) is 2. The molecule has 0 atom stereocenters. The Morgan fingerprint density at radius 3 is 2.74 bits per heavy atom. The highest BCUT2D eigenvalue weighted by Crippen LogP contribution is 2.35. The Kier molecular flexibility index (Phi) is 4.21. The van der Waals surface area contributed by atoms with E-state index < -0.39 is 0 Å². The maximum Gasteiger partial charge on any atom is 0.125 e. The summed E-state index contributed by atoms with van der Waals surface area (Å²) in [4.78, 5) is 0. The second-order valence-corrected chi connectivity index (χ2v) is 6.35. The molecule has 0 amide bonds. The lowest BCUT2D eigenvalue weighted by atomic mass is 9.99. The molecule has 0 saturated carbocycles. The third-order valence-electron chi connectivity index (χ3n) is 2.99. The average Bonchev–Trinajstić information content (AvgIpc) is 2.60. The second kappa shape index (κ2) is 5.55. The van der Waals surface area contributed by atoms with Crippen LogP contribution in [0.25, 0.3) is 11.3 Å². The molecule has 2 N–H and O–H groups in total. The quantitative estimate of drug-likeness (QED) is 0.904. The van der Waals surface area contributed by atoms with Crippen LogP contribution in [-0.2, 0) is 13.5 Å². The van der Waals surface area contributed by atoms with Crippen molar-refractivity contribution in [1.82, 2.24) is 9.78 Å². The van der Waals surface area contributed by atoms with Crippen molar-refractivity contribution in [2.45, 2.75) is 20.3 Å². The normalized spacial score (nSPS) is 11.3. The summed E-state index contributed by atoms with van der Waals surface area (Å²) < 4.78 is 2.69. The van der Waals surface area contributed by atoms with Gasteiger partial charge in [-0.25, -0.2) is 0 Å². The summed E-state index contributed by atoms with van der Waals surface area (Å²) in [6.07, 6.45) is 0.897. The molecule has 1 heterocycles. The fourth-order valence-electron chi connectivity index (χ4n) is 2.09. The molecule has 0 aliphatic carbocycles. The van der Waals surface area contributed by atoms with E-state index in [2.05, 4.69) is 34.9 Å². The van der Waals surface area contributed by atoms with Crippen molar-refractivity contribution in [3.05, 3.63) is 33.3 Å². The maximum absolute atomic E-state index is 6.13. The van der Waals surface area contributed by atoms with Crippen molar-refractivity contribution in [3.63, 3.8) is 0 Å². The van der Waals surface area contributed by atoms with Crippen molar-refractivity contribution in [2.75, 3.05) is 5.73 Å². The maximum atomic E-state index is 6.13. The van der Waals surface area contributed by atoms with Crippen LogP contribution in [0.5, 0.6) is 0 Å². The second-order valence-electron chi connectivity index (χ2n) is 5.06. The number of anilines is 1. The fraction of sp³-hybridized carbons (Fsp3) is 0.357. The number of hydrogen-bond donors (Lipinski definition) is 1. The molecule has 0 bridgehead atoms. The Balaban J connectivity index is 2.61. The average molecular weight is 343 g/mol. The van der Waals surface area contributed by atoms with Gasteiger partial charge in [-0.3, -0.25) is 4.68 Å². The monoisotopic (exact) mass is 341 g/mol. The van der Waals surface area contributed by atoms with E-state index in [0.717, 1.165) is 33.5 Å². The molecule has 0 saturated heterocycles. The first-order chi connectivity index (χ1) is 8.90. The van der Waals surface area contributed by atoms with E-state index >= 15 is 0 Å². The number of benzene rings is 1. The molecule has 3 nitrogen and oxygen atoms in total. The molecular formula is C14H17BrClN3. The van der Waals surface area contributed by atoms with Gasteiger partial charge < -0.3 is 5.73 Å². The molecule has 0 aliphatic rings. The van der Waals surface area contributed by atoms with Gasteiger partial charge in [0.1, 0.15) is 5.82 Å². The van der Waals surface area contributed by atoms with Gasteiger partial charge in [-0.1, -0.05) is 41.4 Å². The van der Waals surface area contributed by atoms with Crippen molar-refractivity contribution in [3.8, 4) is 11.3 Å². The SMILES string of the molecule is CC(C)Cc1c(-c2cc(Cl)ccc2Br)nn(C)c1N. The minimum Gasteiger partial charge on any atom is -0.384 e. The summed E-state index contributed by atoms with van der Waals surface area (Å²) >= 11 is 9.64. The number of halogens is 2. The topological polar surface area (TPSA) is 43.8 Å². The van der Waals surface area contributed by atoms with Crippen LogP contribution in [-0.4, -0.2) is 9.78 Å². The highest BCUT2D eigenvalue weighted by atomic mass is 79.9. The zero-order valence-electron chi connectivity index (χ0n) is 11.2. The van der Waals surface area contributed by atoms with Crippen molar-refractivity contribution < 1.29 is 0 Å². The predicted octanol–water partition coefficient (Wildman–Crippen LogP) is 4.28. The Bertz CT molecular complexity index is 605. The minimum absolute atomic E-state index is 0.517. The van der Waals surface area contributed by atoms with Crippen LogP contribution in [0.2, 0.25) is 5.02 Å². The summed E-state index contributed by atoms with van der Waals surface area (Å²) in [5.41, 5.74) is 9.10. The first-order valence-corrected chi connectivity index (χ1v) is 7.34. The molecular weight excluding hydrogens is 326 g/mol. The number of rotatable bonds is 3. The van der Waals surface area contributed by atoms with Crippen LogP contribution in [0.3, 0.4) is 0 Å². The van der Waals surface area contributed by atoms with E-state index in [1.165, 1.54) is 0 Å². The molecule has 1 aromatic carbocycles. The first kappa shape index (κ1) is 14.4. The van der Waals surface area contributed by atoms with Gasteiger partial charge in [-0.2, -0.15) is 5.10 Å². The largest absolute Gasteiger partial charge is 0.384 e. The van der Waals surface area contributed by atoms with Crippen molar-refractivity contribution >= 4 is 33.3 Å². The third-order valence-corrected chi connectivity index (χ3v) is 3.92. The van der Waals surface area contributed by atoms with Crippen LogP contribution < -0.4 is 5.73 Å². The molecule has 0 fully saturated rings. The van der Waals surface area contributed by atoms with Crippen LogP contribution in [0, 0.1) is 5.92 Å². The summed E-state index contributed by atoms with van der Waals surface area (Å²) in [6, 6.07) is 5.70. The molecule has 19 heavy (non-hydrogen) atoms. The molecule has 2 rings (SSSR count). The van der Waals surface area contributed by atoms with Crippen LogP contribution in [0.1, 0.15) is 19.4 Å². The van der Waals surface area contributed by atoms with Gasteiger partial charge >= 0.3 is 0 Å². The van der Waals surface area contributed by atoms with Crippen LogP contribution >= 0.6 is 27.5 Å². The number of hydrogen-bond acceptors (Lipinski definition) is 2. The van der Waals surface area contributed by atoms with Crippen LogP contribution in [0.15, 0.2) is 22.7 Å². The zero-order valence-corrected chi connectivity index (χ0v) is 13.6. The summed E-state index contributed by atoms with van der Waals surface area (Å²) in [6.45, 7) is 4.34. The summed E-state index contributed by atoms with van der Waals surface area (Å²) in [7, 11) is 1.86.